The van der Waals surface area contributed by atoms with Gasteiger partial charge in [-0.1, -0.05) is 13.8 Å². The molecule has 2 heterocycles. The number of aliphatic imine (C=N–C) groups is 1. The van der Waals surface area contributed by atoms with Crippen LogP contribution in [0.5, 0.6) is 11.5 Å². The number of likely N-dealkylation sites (tertiary alicyclic amines) is 1. The van der Waals surface area contributed by atoms with E-state index in [0.717, 1.165) is 57.3 Å². The van der Waals surface area contributed by atoms with Gasteiger partial charge in [-0.15, -0.1) is 24.0 Å². The maximum Gasteiger partial charge on any atom is 0.236 e. The number of benzene rings is 1. The highest BCUT2D eigenvalue weighted by Crippen LogP contribution is 2.24. The Balaban J connectivity index is 0.00000385. The van der Waals surface area contributed by atoms with Crippen molar-refractivity contribution in [3.8, 4) is 11.5 Å². The predicted molar refractivity (Wildman–Crippen MR) is 142 cm³/mol. The molecule has 2 fully saturated rings. The molecule has 2 saturated heterocycles. The fraction of sp³-hybridized carbons (Fsp3) is 0.667. The molecule has 2 N–H and O–H groups in total. The van der Waals surface area contributed by atoms with Crippen LogP contribution in [0, 0.1) is 11.8 Å². The number of nitrogens with zero attached hydrogens (tertiary/aromatic N) is 4. The van der Waals surface area contributed by atoms with Crippen molar-refractivity contribution in [2.75, 3.05) is 59.5 Å². The summed E-state index contributed by atoms with van der Waals surface area (Å²) < 4.78 is 5.26. The van der Waals surface area contributed by atoms with Gasteiger partial charge in [-0.2, -0.15) is 0 Å². The fourth-order valence-electron chi connectivity index (χ4n) is 4.68. The van der Waals surface area contributed by atoms with E-state index in [0.29, 0.717) is 30.7 Å². The number of piperazine rings is 1. The summed E-state index contributed by atoms with van der Waals surface area (Å²) in [6, 6.07) is 5.18. The number of nitrogens with one attached hydrogen (secondary N) is 1. The molecule has 2 unspecified atom stereocenters. The van der Waals surface area contributed by atoms with Crippen LogP contribution in [0.25, 0.3) is 0 Å². The number of aromatic hydroxyl groups is 1. The molecule has 0 aromatic heterocycles. The second-order valence-electron chi connectivity index (χ2n) is 9.17. The Morgan fingerprint density at radius 2 is 1.82 bits per heavy atom. The van der Waals surface area contributed by atoms with Gasteiger partial charge in [-0.05, 0) is 43.4 Å². The van der Waals surface area contributed by atoms with Crippen molar-refractivity contribution in [1.82, 2.24) is 20.0 Å². The van der Waals surface area contributed by atoms with Crippen LogP contribution in [-0.4, -0.2) is 91.1 Å². The van der Waals surface area contributed by atoms with Gasteiger partial charge in [0.1, 0.15) is 11.5 Å². The highest BCUT2D eigenvalue weighted by atomic mass is 127. The topological polar surface area (TPSA) is 80.6 Å². The summed E-state index contributed by atoms with van der Waals surface area (Å²) in [6.07, 6.45) is 1.21. The predicted octanol–water partition coefficient (Wildman–Crippen LogP) is 2.61. The average Bonchev–Trinajstić information content (AvgIpc) is 2.77. The van der Waals surface area contributed by atoms with E-state index >= 15 is 0 Å². The number of carbonyl (C=O) groups is 1. The lowest BCUT2D eigenvalue weighted by molar-refractivity contribution is -0.135. The minimum Gasteiger partial charge on any atom is -0.508 e. The van der Waals surface area contributed by atoms with Crippen LogP contribution in [0.3, 0.4) is 0 Å². The molecule has 2 aliphatic heterocycles. The summed E-state index contributed by atoms with van der Waals surface area (Å²) in [4.78, 5) is 24.1. The van der Waals surface area contributed by atoms with Gasteiger partial charge in [0.15, 0.2) is 5.96 Å². The number of rotatable bonds is 6. The monoisotopic (exact) mass is 573 g/mol. The molecule has 1 aromatic rings. The second-order valence-corrected chi connectivity index (χ2v) is 9.17. The maximum absolute atomic E-state index is 12.8. The van der Waals surface area contributed by atoms with Gasteiger partial charge in [0.25, 0.3) is 0 Å². The lowest BCUT2D eigenvalue weighted by Crippen LogP contribution is -2.55. The van der Waals surface area contributed by atoms with E-state index in [1.807, 2.05) is 13.0 Å². The first-order valence-electron chi connectivity index (χ1n) is 11.8. The number of carbonyl (C=O) groups excluding carboxylic acids is 1. The fourth-order valence-corrected chi connectivity index (χ4v) is 4.68. The average molecular weight is 574 g/mol. The first-order valence-corrected chi connectivity index (χ1v) is 11.8. The van der Waals surface area contributed by atoms with E-state index in [1.54, 1.807) is 19.2 Å². The molecule has 186 valence electrons. The molecule has 0 spiro atoms. The third kappa shape index (κ3) is 7.91. The number of halogens is 1. The SMILES string of the molecule is CCNC(=NCc1cc(OC)ccc1O)N1CCN(CC(=O)N2CC(C)CC(C)C2)CC1.I. The van der Waals surface area contributed by atoms with Gasteiger partial charge in [0.2, 0.25) is 5.91 Å². The molecule has 33 heavy (non-hydrogen) atoms. The molecule has 2 aliphatic rings. The summed E-state index contributed by atoms with van der Waals surface area (Å²) >= 11 is 0. The molecule has 1 amide bonds. The van der Waals surface area contributed by atoms with Gasteiger partial charge >= 0.3 is 0 Å². The van der Waals surface area contributed by atoms with Crippen molar-refractivity contribution in [1.29, 1.82) is 0 Å². The number of amides is 1. The Bertz CT molecular complexity index is 788. The van der Waals surface area contributed by atoms with Gasteiger partial charge in [-0.25, -0.2) is 4.99 Å². The van der Waals surface area contributed by atoms with Gasteiger partial charge in [0.05, 0.1) is 20.2 Å². The summed E-state index contributed by atoms with van der Waals surface area (Å²) in [5, 5.41) is 13.5. The number of phenolic OH excluding ortho intramolecular Hbond substituents is 1. The highest BCUT2D eigenvalue weighted by molar-refractivity contribution is 14.0. The van der Waals surface area contributed by atoms with Gasteiger partial charge < -0.3 is 25.0 Å². The number of ether oxygens (including phenoxy) is 1. The molecule has 0 radical (unpaired) electrons. The van der Waals surface area contributed by atoms with Crippen LogP contribution >= 0.6 is 24.0 Å². The first kappa shape index (κ1) is 27.5. The van der Waals surface area contributed by atoms with Crippen molar-refractivity contribution in [2.45, 2.75) is 33.7 Å². The van der Waals surface area contributed by atoms with E-state index in [1.165, 1.54) is 6.42 Å². The van der Waals surface area contributed by atoms with E-state index in [4.69, 9.17) is 9.73 Å². The van der Waals surface area contributed by atoms with E-state index in [9.17, 15) is 9.90 Å². The van der Waals surface area contributed by atoms with Crippen LogP contribution in [0.1, 0.15) is 32.8 Å². The van der Waals surface area contributed by atoms with Crippen LogP contribution < -0.4 is 10.1 Å². The lowest BCUT2D eigenvalue weighted by Gasteiger charge is -2.39. The molecule has 1 aromatic carbocycles. The van der Waals surface area contributed by atoms with E-state index in [-0.39, 0.29) is 35.6 Å². The Hall–Kier alpha value is -1.75. The lowest BCUT2D eigenvalue weighted by atomic mass is 9.92. The quantitative estimate of drug-likeness (QED) is 0.310. The number of methoxy groups -OCH3 is 1. The summed E-state index contributed by atoms with van der Waals surface area (Å²) in [5.41, 5.74) is 0.731. The molecule has 0 saturated carbocycles. The van der Waals surface area contributed by atoms with Gasteiger partial charge in [0, 0.05) is 51.4 Å². The summed E-state index contributed by atoms with van der Waals surface area (Å²) in [6.45, 7) is 13.2. The Kier molecular flexibility index (Phi) is 11.0. The zero-order valence-corrected chi connectivity index (χ0v) is 22.7. The molecule has 9 heteroatoms. The number of phenols is 1. The van der Waals surface area contributed by atoms with Crippen molar-refractivity contribution >= 4 is 35.8 Å². The molecular formula is C24H40IN5O3. The third-order valence-electron chi connectivity index (χ3n) is 6.27. The number of guanidine groups is 1. The Morgan fingerprint density at radius 1 is 1.15 bits per heavy atom. The Morgan fingerprint density at radius 3 is 2.42 bits per heavy atom. The van der Waals surface area contributed by atoms with Crippen molar-refractivity contribution in [3.05, 3.63) is 23.8 Å². The second kappa shape index (κ2) is 13.2. The summed E-state index contributed by atoms with van der Waals surface area (Å²) in [5.74, 6) is 3.18. The van der Waals surface area contributed by atoms with Crippen LogP contribution in [0.15, 0.2) is 23.2 Å². The van der Waals surface area contributed by atoms with Crippen LogP contribution in [0.2, 0.25) is 0 Å². The number of hydrogen-bond acceptors (Lipinski definition) is 5. The van der Waals surface area contributed by atoms with Crippen LogP contribution in [0.4, 0.5) is 0 Å². The van der Waals surface area contributed by atoms with Crippen molar-refractivity contribution < 1.29 is 14.6 Å². The van der Waals surface area contributed by atoms with Crippen LogP contribution in [-0.2, 0) is 11.3 Å². The highest BCUT2D eigenvalue weighted by Gasteiger charge is 2.28. The molecule has 0 aliphatic carbocycles. The zero-order chi connectivity index (χ0) is 23.1. The molecular weight excluding hydrogens is 533 g/mol. The standard InChI is InChI=1S/C24H39N5O3.HI/c1-5-25-24(26-14-20-13-21(32-4)6-7-22(20)30)28-10-8-27(9-11-28)17-23(31)29-15-18(2)12-19(3)16-29;/h6-7,13,18-19,30H,5,8-12,14-17H2,1-4H3,(H,25,26);1H. The largest absolute Gasteiger partial charge is 0.508 e. The van der Waals surface area contributed by atoms with E-state index in [2.05, 4.69) is 33.9 Å². The zero-order valence-electron chi connectivity index (χ0n) is 20.4. The maximum atomic E-state index is 12.8. The molecule has 3 rings (SSSR count). The molecule has 8 nitrogen and oxygen atoms in total. The van der Waals surface area contributed by atoms with E-state index < -0.39 is 0 Å². The number of piperidine rings is 1. The Labute approximate surface area is 215 Å². The smallest absolute Gasteiger partial charge is 0.236 e. The normalized spacial score (nSPS) is 22.0. The summed E-state index contributed by atoms with van der Waals surface area (Å²) in [7, 11) is 1.61. The third-order valence-corrected chi connectivity index (χ3v) is 6.27. The minimum absolute atomic E-state index is 0. The van der Waals surface area contributed by atoms with Crippen molar-refractivity contribution in [2.24, 2.45) is 16.8 Å². The first-order chi connectivity index (χ1) is 15.4. The minimum atomic E-state index is 0. The van der Waals surface area contributed by atoms with Crippen molar-refractivity contribution in [3.63, 3.8) is 0 Å². The molecule has 2 atom stereocenters. The number of hydrogen-bond donors (Lipinski definition) is 2. The van der Waals surface area contributed by atoms with Gasteiger partial charge in [-0.3, -0.25) is 9.69 Å². The molecule has 0 bridgehead atoms.